The van der Waals surface area contributed by atoms with Gasteiger partial charge < -0.3 is 10.1 Å². The van der Waals surface area contributed by atoms with Crippen molar-refractivity contribution in [3.8, 4) is 11.9 Å². The van der Waals surface area contributed by atoms with Gasteiger partial charge in [0, 0.05) is 24.7 Å². The first-order valence-electron chi connectivity index (χ1n) is 5.85. The van der Waals surface area contributed by atoms with Gasteiger partial charge in [-0.25, -0.2) is 4.79 Å². The third-order valence-corrected chi connectivity index (χ3v) is 2.63. The van der Waals surface area contributed by atoms with Crippen molar-refractivity contribution >= 4 is 5.82 Å². The van der Waals surface area contributed by atoms with Crippen molar-refractivity contribution in [3.05, 3.63) is 40.4 Å². The second-order valence-corrected chi connectivity index (χ2v) is 4.23. The van der Waals surface area contributed by atoms with E-state index in [2.05, 4.69) is 16.9 Å². The molecule has 0 unspecified atom stereocenters. The zero-order valence-electron chi connectivity index (χ0n) is 10.6. The van der Waals surface area contributed by atoms with Gasteiger partial charge in [-0.15, -0.1) is 0 Å². The molecule has 0 amide bonds. The molecule has 0 bridgehead atoms. The predicted molar refractivity (Wildman–Crippen MR) is 71.0 cm³/mol. The molecule has 1 aromatic rings. The van der Waals surface area contributed by atoms with Crippen LogP contribution >= 0.6 is 0 Å². The first kappa shape index (κ1) is 12.9. The van der Waals surface area contributed by atoms with E-state index in [1.165, 1.54) is 0 Å². The van der Waals surface area contributed by atoms with Crippen LogP contribution in [0, 0.1) is 11.3 Å². The van der Waals surface area contributed by atoms with E-state index in [9.17, 15) is 4.79 Å². The van der Waals surface area contributed by atoms with Gasteiger partial charge in [0.25, 0.3) is 0 Å². The van der Waals surface area contributed by atoms with E-state index < -0.39 is 0 Å². The zero-order valence-corrected chi connectivity index (χ0v) is 10.6. The molecular formula is C13H14N4O2. The summed E-state index contributed by atoms with van der Waals surface area (Å²) in [6.07, 6.45) is 1.64. The van der Waals surface area contributed by atoms with Crippen LogP contribution in [0.3, 0.4) is 0 Å². The number of nitrogens with zero attached hydrogens (tertiary/aromatic N) is 3. The minimum absolute atomic E-state index is 0.189. The molecule has 0 saturated carbocycles. The molecule has 0 spiro atoms. The number of nitriles is 1. The summed E-state index contributed by atoms with van der Waals surface area (Å²) in [6, 6.07) is 3.69. The Hall–Kier alpha value is -2.55. The quantitative estimate of drug-likeness (QED) is 0.645. The second kappa shape index (κ2) is 5.40. The van der Waals surface area contributed by atoms with Crippen molar-refractivity contribution in [2.75, 3.05) is 18.5 Å². The maximum Gasteiger partial charge on any atom is 0.352 e. The molecule has 0 aromatic carbocycles. The third kappa shape index (κ3) is 3.01. The molecule has 1 aromatic heterocycles. The van der Waals surface area contributed by atoms with E-state index in [-0.39, 0.29) is 18.2 Å². The minimum Gasteiger partial charge on any atom is -0.473 e. The Morgan fingerprint density at radius 3 is 3.32 bits per heavy atom. The highest BCUT2D eigenvalue weighted by Gasteiger charge is 2.13. The summed E-state index contributed by atoms with van der Waals surface area (Å²) in [5.74, 6) is 0.971. The maximum absolute atomic E-state index is 11.7. The number of ether oxygens (including phenoxy) is 1. The lowest BCUT2D eigenvalue weighted by Gasteiger charge is -2.07. The van der Waals surface area contributed by atoms with Gasteiger partial charge in [0.05, 0.1) is 6.07 Å². The monoisotopic (exact) mass is 258 g/mol. The summed E-state index contributed by atoms with van der Waals surface area (Å²) in [4.78, 5) is 15.5. The molecule has 0 radical (unpaired) electrons. The van der Waals surface area contributed by atoms with E-state index in [4.69, 9.17) is 10.00 Å². The fraction of sp³-hybridized carbons (Fsp3) is 0.308. The minimum atomic E-state index is -0.327. The number of hydrogen-bond acceptors (Lipinski definition) is 5. The average Bonchev–Trinajstić information content (AvgIpc) is 2.85. The van der Waals surface area contributed by atoms with Crippen LogP contribution in [0.1, 0.15) is 6.92 Å². The number of fused-ring (bicyclic) bond motifs is 1. The highest BCUT2D eigenvalue weighted by Crippen LogP contribution is 2.16. The SMILES string of the molecule is C=C(/C=C(\C)C#N)COc1cc2n(c(=O)n1)CCN2. The lowest BCUT2D eigenvalue weighted by molar-refractivity contribution is 0.339. The largest absolute Gasteiger partial charge is 0.473 e. The van der Waals surface area contributed by atoms with Crippen molar-refractivity contribution < 1.29 is 4.74 Å². The molecule has 98 valence electrons. The van der Waals surface area contributed by atoms with Gasteiger partial charge in [-0.3, -0.25) is 4.57 Å². The normalized spacial score (nSPS) is 13.4. The average molecular weight is 258 g/mol. The maximum atomic E-state index is 11.7. The summed E-state index contributed by atoms with van der Waals surface area (Å²) in [5.41, 5.74) is 0.874. The molecule has 0 fully saturated rings. The fourth-order valence-electron chi connectivity index (χ4n) is 1.76. The highest BCUT2D eigenvalue weighted by atomic mass is 16.5. The molecule has 1 N–H and O–H groups in total. The fourth-order valence-corrected chi connectivity index (χ4v) is 1.76. The van der Waals surface area contributed by atoms with Crippen LogP contribution in [0.15, 0.2) is 34.7 Å². The van der Waals surface area contributed by atoms with E-state index in [1.54, 1.807) is 23.6 Å². The Morgan fingerprint density at radius 1 is 1.79 bits per heavy atom. The Labute approximate surface area is 110 Å². The first-order valence-corrected chi connectivity index (χ1v) is 5.85. The van der Waals surface area contributed by atoms with Crippen LogP contribution in [0.25, 0.3) is 0 Å². The molecular weight excluding hydrogens is 244 g/mol. The summed E-state index contributed by atoms with van der Waals surface area (Å²) < 4.78 is 6.96. The Balaban J connectivity index is 2.06. The smallest absolute Gasteiger partial charge is 0.352 e. The zero-order chi connectivity index (χ0) is 13.8. The molecule has 2 heterocycles. The van der Waals surface area contributed by atoms with E-state index in [0.717, 1.165) is 6.54 Å². The molecule has 1 aliphatic heterocycles. The Bertz CT molecular complexity index is 637. The van der Waals surface area contributed by atoms with E-state index in [1.807, 2.05) is 6.07 Å². The molecule has 0 atom stereocenters. The number of nitrogens with one attached hydrogen (secondary N) is 1. The molecule has 19 heavy (non-hydrogen) atoms. The molecule has 6 nitrogen and oxygen atoms in total. The van der Waals surface area contributed by atoms with Gasteiger partial charge >= 0.3 is 5.69 Å². The number of allylic oxidation sites excluding steroid dienone is 1. The van der Waals surface area contributed by atoms with Gasteiger partial charge in [-0.05, 0) is 18.6 Å². The summed E-state index contributed by atoms with van der Waals surface area (Å²) in [6.45, 7) is 7.00. The summed E-state index contributed by atoms with van der Waals surface area (Å²) in [5, 5.41) is 11.7. The second-order valence-electron chi connectivity index (χ2n) is 4.23. The van der Waals surface area contributed by atoms with Gasteiger partial charge in [-0.1, -0.05) is 6.58 Å². The number of anilines is 1. The number of rotatable bonds is 4. The molecule has 1 aliphatic rings. The topological polar surface area (TPSA) is 79.9 Å². The van der Waals surface area contributed by atoms with Crippen LogP contribution in [-0.4, -0.2) is 22.7 Å². The van der Waals surface area contributed by atoms with Crippen molar-refractivity contribution in [1.82, 2.24) is 9.55 Å². The lowest BCUT2D eigenvalue weighted by atomic mass is 10.2. The van der Waals surface area contributed by atoms with Crippen molar-refractivity contribution in [2.24, 2.45) is 0 Å². The standard InChI is InChI=1S/C13H14N4O2/c1-9(7-14)5-10(2)8-19-12-6-11-15-3-4-17(11)13(18)16-12/h5-6,15H,2-4,8H2,1H3/b9-5+. The Morgan fingerprint density at radius 2 is 2.58 bits per heavy atom. The van der Waals surface area contributed by atoms with Crippen molar-refractivity contribution in [1.29, 1.82) is 5.26 Å². The van der Waals surface area contributed by atoms with Crippen LogP contribution in [0.5, 0.6) is 5.88 Å². The van der Waals surface area contributed by atoms with Gasteiger partial charge in [0.1, 0.15) is 12.4 Å². The van der Waals surface area contributed by atoms with Gasteiger partial charge in [0.2, 0.25) is 5.88 Å². The summed E-state index contributed by atoms with van der Waals surface area (Å²) in [7, 11) is 0. The van der Waals surface area contributed by atoms with Gasteiger partial charge in [0.15, 0.2) is 0 Å². The molecule has 2 rings (SSSR count). The van der Waals surface area contributed by atoms with Crippen LogP contribution in [-0.2, 0) is 6.54 Å². The van der Waals surface area contributed by atoms with Crippen molar-refractivity contribution in [3.63, 3.8) is 0 Å². The van der Waals surface area contributed by atoms with Crippen LogP contribution < -0.4 is 15.7 Å². The molecule has 0 aliphatic carbocycles. The predicted octanol–water partition coefficient (Wildman–Crippen LogP) is 1.07. The first-order chi connectivity index (χ1) is 9.10. The van der Waals surface area contributed by atoms with Gasteiger partial charge in [-0.2, -0.15) is 10.2 Å². The van der Waals surface area contributed by atoms with E-state index in [0.29, 0.717) is 23.5 Å². The Kier molecular flexibility index (Phi) is 3.66. The highest BCUT2D eigenvalue weighted by molar-refractivity contribution is 5.41. The van der Waals surface area contributed by atoms with E-state index >= 15 is 0 Å². The number of hydrogen-bond donors (Lipinski definition) is 1. The molecule has 0 saturated heterocycles. The summed E-state index contributed by atoms with van der Waals surface area (Å²) >= 11 is 0. The van der Waals surface area contributed by atoms with Crippen LogP contribution in [0.2, 0.25) is 0 Å². The third-order valence-electron chi connectivity index (χ3n) is 2.63. The van der Waals surface area contributed by atoms with Crippen LogP contribution in [0.4, 0.5) is 5.82 Å². The lowest BCUT2D eigenvalue weighted by Crippen LogP contribution is -2.21. The molecule has 6 heteroatoms. The number of aromatic nitrogens is 2. The van der Waals surface area contributed by atoms with Crippen molar-refractivity contribution in [2.45, 2.75) is 13.5 Å².